The van der Waals surface area contributed by atoms with Crippen LogP contribution in [-0.2, 0) is 24.3 Å². The Morgan fingerprint density at radius 3 is 2.38 bits per heavy atom. The molecule has 0 aliphatic carbocycles. The van der Waals surface area contributed by atoms with E-state index >= 15 is 0 Å². The number of benzene rings is 1. The number of amides is 1. The van der Waals surface area contributed by atoms with Gasteiger partial charge < -0.3 is 14.4 Å². The Morgan fingerprint density at radius 2 is 1.86 bits per heavy atom. The van der Waals surface area contributed by atoms with Crippen molar-refractivity contribution >= 4 is 21.9 Å². The van der Waals surface area contributed by atoms with Gasteiger partial charge in [0.05, 0.1) is 31.1 Å². The molecule has 1 fully saturated rings. The molecule has 0 N–H and O–H groups in total. The highest BCUT2D eigenvalue weighted by Crippen LogP contribution is 2.24. The molecule has 2 rings (SSSR count). The Bertz CT molecular complexity index is 831. The number of methoxy groups -OCH3 is 1. The van der Waals surface area contributed by atoms with Crippen molar-refractivity contribution in [3.05, 3.63) is 23.8 Å². The van der Waals surface area contributed by atoms with Gasteiger partial charge in [0.25, 0.3) is 0 Å². The van der Waals surface area contributed by atoms with Crippen LogP contribution in [0.15, 0.2) is 23.1 Å². The van der Waals surface area contributed by atoms with Crippen LogP contribution in [0, 0.1) is 12.8 Å². The fraction of sp³-hybridized carbons (Fsp3) is 0.600. The van der Waals surface area contributed by atoms with Crippen LogP contribution in [0.4, 0.5) is 0 Å². The predicted molar refractivity (Wildman–Crippen MR) is 108 cm³/mol. The summed E-state index contributed by atoms with van der Waals surface area (Å²) >= 11 is 0. The number of ether oxygens (including phenoxy) is 2. The molecule has 1 aromatic rings. The lowest BCUT2D eigenvalue weighted by atomic mass is 9.97. The standard InChI is InChI=1S/C20H30N2O6S/c1-5-22(29(25,26)17-7-8-18(27-4)15(3)13-17)14-19(23)21-11-9-16(10-12-21)20(24)28-6-2/h7-8,13,16H,5-6,9-12,14H2,1-4H3. The van der Waals surface area contributed by atoms with Crippen molar-refractivity contribution < 1.29 is 27.5 Å². The lowest BCUT2D eigenvalue weighted by molar-refractivity contribution is -0.151. The third kappa shape index (κ3) is 5.48. The van der Waals surface area contributed by atoms with E-state index in [4.69, 9.17) is 9.47 Å². The van der Waals surface area contributed by atoms with Crippen LogP contribution in [0.5, 0.6) is 5.75 Å². The SMILES string of the molecule is CCOC(=O)C1CCN(C(=O)CN(CC)S(=O)(=O)c2ccc(OC)c(C)c2)CC1. The highest BCUT2D eigenvalue weighted by molar-refractivity contribution is 7.89. The number of nitrogens with zero attached hydrogens (tertiary/aromatic N) is 2. The maximum Gasteiger partial charge on any atom is 0.309 e. The average Bonchev–Trinajstić information content (AvgIpc) is 2.71. The van der Waals surface area contributed by atoms with E-state index in [0.29, 0.717) is 43.9 Å². The van der Waals surface area contributed by atoms with Crippen LogP contribution in [0.3, 0.4) is 0 Å². The minimum absolute atomic E-state index is 0.131. The molecule has 0 bridgehead atoms. The number of likely N-dealkylation sites (N-methyl/N-ethyl adjacent to an activating group) is 1. The summed E-state index contributed by atoms with van der Waals surface area (Å²) < 4.78 is 37.4. The number of carbonyl (C=O) groups excluding carboxylic acids is 2. The van der Waals surface area contributed by atoms with E-state index in [1.165, 1.54) is 17.5 Å². The quantitative estimate of drug-likeness (QED) is 0.589. The van der Waals surface area contributed by atoms with Crippen LogP contribution in [-0.4, -0.2) is 69.4 Å². The van der Waals surface area contributed by atoms with Gasteiger partial charge in [0.1, 0.15) is 5.75 Å². The van der Waals surface area contributed by atoms with Gasteiger partial charge in [0, 0.05) is 19.6 Å². The Balaban J connectivity index is 2.04. The van der Waals surface area contributed by atoms with Gasteiger partial charge in [-0.15, -0.1) is 0 Å². The molecule has 1 heterocycles. The molecule has 9 heteroatoms. The summed E-state index contributed by atoms with van der Waals surface area (Å²) in [5.74, 6) is -0.0879. The van der Waals surface area contributed by atoms with E-state index in [9.17, 15) is 18.0 Å². The Labute approximate surface area is 172 Å². The lowest BCUT2D eigenvalue weighted by Crippen LogP contribution is -2.46. The summed E-state index contributed by atoms with van der Waals surface area (Å²) in [7, 11) is -2.28. The molecular weight excluding hydrogens is 396 g/mol. The molecule has 0 unspecified atom stereocenters. The molecule has 1 amide bonds. The van der Waals surface area contributed by atoms with E-state index in [2.05, 4.69) is 0 Å². The number of rotatable bonds is 8. The number of esters is 1. The van der Waals surface area contributed by atoms with Crippen LogP contribution >= 0.6 is 0 Å². The molecule has 0 aromatic heterocycles. The summed E-state index contributed by atoms with van der Waals surface area (Å²) in [4.78, 5) is 26.3. The molecule has 0 saturated carbocycles. The minimum atomic E-state index is -3.81. The molecular formula is C20H30N2O6S. The smallest absolute Gasteiger partial charge is 0.309 e. The van der Waals surface area contributed by atoms with Crippen LogP contribution in [0.1, 0.15) is 32.3 Å². The number of likely N-dealkylation sites (tertiary alicyclic amines) is 1. The number of piperidine rings is 1. The molecule has 1 aliphatic heterocycles. The van der Waals surface area contributed by atoms with Gasteiger partial charge in [0.2, 0.25) is 15.9 Å². The monoisotopic (exact) mass is 426 g/mol. The van der Waals surface area contributed by atoms with Gasteiger partial charge in [-0.1, -0.05) is 6.92 Å². The van der Waals surface area contributed by atoms with E-state index in [0.717, 1.165) is 0 Å². The van der Waals surface area contributed by atoms with Crippen molar-refractivity contribution in [3.63, 3.8) is 0 Å². The maximum absolute atomic E-state index is 13.0. The molecule has 1 saturated heterocycles. The molecule has 29 heavy (non-hydrogen) atoms. The molecule has 1 aromatic carbocycles. The Hall–Kier alpha value is -2.13. The molecule has 0 atom stereocenters. The number of sulfonamides is 1. The van der Waals surface area contributed by atoms with Gasteiger partial charge >= 0.3 is 5.97 Å². The molecule has 8 nitrogen and oxygen atoms in total. The summed E-state index contributed by atoms with van der Waals surface area (Å²) in [6.07, 6.45) is 1.06. The topological polar surface area (TPSA) is 93.2 Å². The lowest BCUT2D eigenvalue weighted by Gasteiger charge is -2.32. The van der Waals surface area contributed by atoms with Crippen molar-refractivity contribution in [2.45, 2.75) is 38.5 Å². The number of carbonyl (C=O) groups is 2. The third-order valence-electron chi connectivity index (χ3n) is 5.14. The first-order valence-corrected chi connectivity index (χ1v) is 11.3. The van der Waals surface area contributed by atoms with Crippen molar-refractivity contribution in [1.82, 2.24) is 9.21 Å². The second-order valence-electron chi connectivity index (χ2n) is 6.97. The van der Waals surface area contributed by atoms with Crippen LogP contribution in [0.2, 0.25) is 0 Å². The second-order valence-corrected chi connectivity index (χ2v) is 8.91. The second kappa shape index (κ2) is 10.1. The summed E-state index contributed by atoms with van der Waals surface area (Å²) in [6, 6.07) is 4.64. The molecule has 1 aliphatic rings. The maximum atomic E-state index is 13.0. The van der Waals surface area contributed by atoms with Crippen molar-refractivity contribution in [3.8, 4) is 5.75 Å². The molecule has 162 valence electrons. The normalized spacial score (nSPS) is 15.4. The van der Waals surface area contributed by atoms with Crippen LogP contribution in [0.25, 0.3) is 0 Å². The largest absolute Gasteiger partial charge is 0.496 e. The first-order valence-electron chi connectivity index (χ1n) is 9.83. The number of aryl methyl sites for hydroxylation is 1. The van der Waals surface area contributed by atoms with Crippen molar-refractivity contribution in [1.29, 1.82) is 0 Å². The van der Waals surface area contributed by atoms with Gasteiger partial charge in [0.15, 0.2) is 0 Å². The average molecular weight is 427 g/mol. The van der Waals surface area contributed by atoms with Gasteiger partial charge in [-0.05, 0) is 50.5 Å². The van der Waals surface area contributed by atoms with Gasteiger partial charge in [-0.3, -0.25) is 9.59 Å². The van der Waals surface area contributed by atoms with E-state index in [-0.39, 0.29) is 35.8 Å². The third-order valence-corrected chi connectivity index (χ3v) is 7.05. The first kappa shape index (κ1) is 23.2. The zero-order chi connectivity index (χ0) is 21.6. The fourth-order valence-corrected chi connectivity index (χ4v) is 4.89. The summed E-state index contributed by atoms with van der Waals surface area (Å²) in [5, 5.41) is 0. The first-order chi connectivity index (χ1) is 13.7. The Morgan fingerprint density at radius 1 is 1.21 bits per heavy atom. The number of hydrogen-bond acceptors (Lipinski definition) is 6. The minimum Gasteiger partial charge on any atom is -0.496 e. The fourth-order valence-electron chi connectivity index (χ4n) is 3.40. The van der Waals surface area contributed by atoms with E-state index < -0.39 is 10.0 Å². The van der Waals surface area contributed by atoms with Crippen molar-refractivity contribution in [2.75, 3.05) is 39.9 Å². The molecule has 0 radical (unpaired) electrons. The van der Waals surface area contributed by atoms with Gasteiger partial charge in [-0.25, -0.2) is 8.42 Å². The van der Waals surface area contributed by atoms with E-state index in [1.807, 2.05) is 0 Å². The predicted octanol–water partition coefficient (Wildman–Crippen LogP) is 1.82. The van der Waals surface area contributed by atoms with E-state index in [1.54, 1.807) is 37.8 Å². The van der Waals surface area contributed by atoms with Crippen LogP contribution < -0.4 is 4.74 Å². The zero-order valence-electron chi connectivity index (χ0n) is 17.5. The Kier molecular flexibility index (Phi) is 8.04. The van der Waals surface area contributed by atoms with Crippen molar-refractivity contribution in [2.24, 2.45) is 5.92 Å². The summed E-state index contributed by atoms with van der Waals surface area (Å²) in [6.45, 7) is 6.36. The number of hydrogen-bond donors (Lipinski definition) is 0. The highest BCUT2D eigenvalue weighted by Gasteiger charge is 2.31. The van der Waals surface area contributed by atoms with Gasteiger partial charge in [-0.2, -0.15) is 4.31 Å². The molecule has 0 spiro atoms. The summed E-state index contributed by atoms with van der Waals surface area (Å²) in [5.41, 5.74) is 0.706. The highest BCUT2D eigenvalue weighted by atomic mass is 32.2. The zero-order valence-corrected chi connectivity index (χ0v) is 18.3.